The van der Waals surface area contributed by atoms with Crippen molar-refractivity contribution in [1.82, 2.24) is 9.80 Å². The van der Waals surface area contributed by atoms with Gasteiger partial charge in [-0.1, -0.05) is 72.2 Å². The van der Waals surface area contributed by atoms with Gasteiger partial charge in [-0.15, -0.1) is 0 Å². The fourth-order valence-corrected chi connectivity index (χ4v) is 8.03. The molecule has 4 aliphatic rings. The predicted molar refractivity (Wildman–Crippen MR) is 232 cm³/mol. The fraction of sp³-hybridized carbons (Fsp3) is 0.347. The van der Waals surface area contributed by atoms with E-state index in [-0.39, 0.29) is 28.7 Å². The van der Waals surface area contributed by atoms with Crippen molar-refractivity contribution in [1.29, 1.82) is 0 Å². The van der Waals surface area contributed by atoms with Crippen molar-refractivity contribution in [3.05, 3.63) is 132 Å². The van der Waals surface area contributed by atoms with Gasteiger partial charge in [0.25, 0.3) is 0 Å². The number of carboxylic acid groups (broad SMARTS) is 2. The van der Waals surface area contributed by atoms with Crippen LogP contribution in [0.2, 0.25) is 0 Å². The summed E-state index contributed by atoms with van der Waals surface area (Å²) in [5.41, 5.74) is -0.453. The lowest BCUT2D eigenvalue weighted by Crippen LogP contribution is -2.11. The summed E-state index contributed by atoms with van der Waals surface area (Å²) in [7, 11) is 0. The molecule has 4 aromatic rings. The summed E-state index contributed by atoms with van der Waals surface area (Å²) in [5, 5.41) is 46.8. The van der Waals surface area contributed by atoms with Crippen LogP contribution in [-0.2, 0) is 6.42 Å². The van der Waals surface area contributed by atoms with Crippen molar-refractivity contribution in [3.8, 4) is 11.5 Å². The maximum absolute atomic E-state index is 12.9. The van der Waals surface area contributed by atoms with Gasteiger partial charge in [0, 0.05) is 64.0 Å². The lowest BCUT2D eigenvalue weighted by atomic mass is 9.90. The van der Waals surface area contributed by atoms with Crippen LogP contribution in [0.15, 0.2) is 110 Å². The molecule has 10 heteroatoms. The Morgan fingerprint density at radius 2 is 0.915 bits per heavy atom. The Kier molecular flexibility index (Phi) is 15.5. The number of hydrogen-bond acceptors (Lipinski definition) is 6. The minimum atomic E-state index is -1.35. The Morgan fingerprint density at radius 1 is 0.542 bits per heavy atom. The summed E-state index contributed by atoms with van der Waals surface area (Å²) in [6.07, 6.45) is 32.4. The summed E-state index contributed by atoms with van der Waals surface area (Å²) < 4.78 is 4.78. The van der Waals surface area contributed by atoms with Gasteiger partial charge in [0.15, 0.2) is 12.4 Å². The van der Waals surface area contributed by atoms with Crippen LogP contribution >= 0.6 is 0 Å². The molecule has 0 aromatic heterocycles. The van der Waals surface area contributed by atoms with Crippen LogP contribution in [0.3, 0.4) is 0 Å². The maximum atomic E-state index is 12.9. The summed E-state index contributed by atoms with van der Waals surface area (Å²) in [4.78, 5) is 27.9. The summed E-state index contributed by atoms with van der Waals surface area (Å²) in [6, 6.07) is 16.3. The molecule has 4 aliphatic heterocycles. The molecule has 0 atom stereocenters. The molecule has 2 N–H and O–H groups in total. The van der Waals surface area contributed by atoms with Crippen LogP contribution in [0.5, 0.6) is 11.5 Å². The normalized spacial score (nSPS) is 16.8. The summed E-state index contributed by atoms with van der Waals surface area (Å²) in [6.45, 7) is 9.89. The number of benzene rings is 4. The maximum Gasteiger partial charge on any atom is 0.335 e. The number of likely N-dealkylation sites (tertiary alicyclic amines) is 2. The van der Waals surface area contributed by atoms with Crippen molar-refractivity contribution < 1.29 is 39.2 Å². The topological polar surface area (TPSA) is 133 Å². The molecule has 4 fully saturated rings. The van der Waals surface area contributed by atoms with Gasteiger partial charge >= 0.3 is 11.9 Å². The second-order valence-electron chi connectivity index (χ2n) is 15.4. The first kappa shape index (κ1) is 42.4. The van der Waals surface area contributed by atoms with Gasteiger partial charge in [0.2, 0.25) is 0 Å². The van der Waals surface area contributed by atoms with Crippen molar-refractivity contribution in [2.75, 3.05) is 52.4 Å². The first-order chi connectivity index (χ1) is 28.8. The van der Waals surface area contributed by atoms with Crippen LogP contribution in [0, 0.1) is 0 Å². The van der Waals surface area contributed by atoms with E-state index in [0.29, 0.717) is 21.5 Å². The number of carboxylic acids is 2. The van der Waals surface area contributed by atoms with Crippen LogP contribution in [0.1, 0.15) is 83.2 Å². The van der Waals surface area contributed by atoms with E-state index in [1.165, 1.54) is 116 Å². The molecule has 4 heterocycles. The third-order valence-corrected chi connectivity index (χ3v) is 11.2. The van der Waals surface area contributed by atoms with Gasteiger partial charge in [-0.3, -0.25) is 0 Å². The number of rotatable bonds is 10. The van der Waals surface area contributed by atoms with Gasteiger partial charge in [-0.2, -0.15) is 0 Å². The zero-order valence-electron chi connectivity index (χ0n) is 33.9. The second kappa shape index (κ2) is 21.6. The average molecular weight is 797 g/mol. The highest BCUT2D eigenvalue weighted by atomic mass is 16.4. The molecule has 4 saturated heterocycles. The summed E-state index contributed by atoms with van der Waals surface area (Å²) in [5.74, 6) is -4.07. The third-order valence-electron chi connectivity index (χ3n) is 11.2. The number of hydrogen-bond donors (Lipinski definition) is 2. The molecule has 0 radical (unpaired) electrons. The van der Waals surface area contributed by atoms with E-state index in [1.54, 1.807) is 48.5 Å². The molecule has 308 valence electrons. The van der Waals surface area contributed by atoms with E-state index in [2.05, 4.69) is 80.2 Å². The lowest BCUT2D eigenvalue weighted by Gasteiger charge is -2.24. The number of nitrogens with zero attached hydrogens (tertiary/aromatic N) is 4. The first-order valence-corrected chi connectivity index (χ1v) is 21.0. The molecule has 0 saturated carbocycles. The molecule has 8 rings (SSSR count). The minimum Gasteiger partial charge on any atom is -0.872 e. The standard InChI is InChI=1S/C23H16O6.2C13H21N2/c24-20-16(14-7-3-1-5-12(14)9-18(20)22(26)27)11-17-15-8-4-2-6-13(15)10-19(21(17)25)23(28)29;2*1(2-8-14-10-4-5-11-14)3-9-15-12-6-7-13-15/h1-10,24-25H,11H2,(H,26,27)(H,28,29);2*1-3,8-9H,4-7,10-13H2/q;2*+1/p-2. The van der Waals surface area contributed by atoms with Crippen LogP contribution in [0.25, 0.3) is 21.5 Å². The molecule has 10 nitrogen and oxygen atoms in total. The second-order valence-corrected chi connectivity index (χ2v) is 15.4. The van der Waals surface area contributed by atoms with Crippen LogP contribution in [-0.4, -0.2) is 106 Å². The summed E-state index contributed by atoms with van der Waals surface area (Å²) >= 11 is 0. The van der Waals surface area contributed by atoms with E-state index in [1.807, 2.05) is 0 Å². The highest BCUT2D eigenvalue weighted by molar-refractivity contribution is 6.02. The smallest absolute Gasteiger partial charge is 0.335 e. The van der Waals surface area contributed by atoms with Gasteiger partial charge in [-0.25, -0.2) is 18.7 Å². The minimum absolute atomic E-state index is 0.158. The molecule has 0 aliphatic carbocycles. The highest BCUT2D eigenvalue weighted by Crippen LogP contribution is 2.37. The molecular weight excluding hydrogens is 741 g/mol. The Bertz CT molecular complexity index is 2100. The van der Waals surface area contributed by atoms with Gasteiger partial charge in [0.1, 0.15) is 26.2 Å². The largest absolute Gasteiger partial charge is 0.872 e. The molecule has 59 heavy (non-hydrogen) atoms. The first-order valence-electron chi connectivity index (χ1n) is 21.0. The van der Waals surface area contributed by atoms with Crippen molar-refractivity contribution in [2.24, 2.45) is 0 Å². The number of allylic oxidation sites excluding steroid dienone is 6. The average Bonchev–Trinajstić information content (AvgIpc) is 4.10. The number of carbonyl (C=O) groups is 2. The third kappa shape index (κ3) is 11.9. The molecular formula is C49H56N4O6. The van der Waals surface area contributed by atoms with Gasteiger partial charge in [-0.05, 0) is 101 Å². The predicted octanol–water partition coefficient (Wildman–Crippen LogP) is 7.19. The molecule has 0 spiro atoms. The Morgan fingerprint density at radius 3 is 1.29 bits per heavy atom. The molecule has 0 amide bonds. The zero-order valence-corrected chi connectivity index (χ0v) is 33.9. The van der Waals surface area contributed by atoms with Crippen molar-refractivity contribution in [3.63, 3.8) is 0 Å². The van der Waals surface area contributed by atoms with E-state index in [4.69, 9.17) is 0 Å². The lowest BCUT2D eigenvalue weighted by molar-refractivity contribution is -0.500. The fourth-order valence-electron chi connectivity index (χ4n) is 8.03. The Balaban J connectivity index is 0.000000164. The van der Waals surface area contributed by atoms with Gasteiger partial charge < -0.3 is 30.2 Å². The Labute approximate surface area is 347 Å². The monoisotopic (exact) mass is 796 g/mol. The van der Waals surface area contributed by atoms with Gasteiger partial charge in [0.05, 0.1) is 11.1 Å². The zero-order chi connectivity index (χ0) is 41.4. The van der Waals surface area contributed by atoms with E-state index >= 15 is 0 Å². The quantitative estimate of drug-likeness (QED) is 0.127. The van der Waals surface area contributed by atoms with Crippen molar-refractivity contribution in [2.45, 2.75) is 57.8 Å². The highest BCUT2D eigenvalue weighted by Gasteiger charge is 2.17. The van der Waals surface area contributed by atoms with Crippen LogP contribution in [0.4, 0.5) is 0 Å². The van der Waals surface area contributed by atoms with Crippen LogP contribution < -0.4 is 10.2 Å². The molecule has 4 aromatic carbocycles. The van der Waals surface area contributed by atoms with E-state index in [0.717, 1.165) is 0 Å². The van der Waals surface area contributed by atoms with E-state index in [9.17, 15) is 30.0 Å². The SMILES string of the molecule is C(=CC=[N+]1CCCC1)C=CN1CCCC1.C(=CC=[N+]1CCCC1)C=CN1CCCC1.O=C(O)c1cc2ccccc2c(Cc2c([O-])c(C(=O)O)cc3ccccc23)c1[O-]. The van der Waals surface area contributed by atoms with Crippen molar-refractivity contribution >= 4 is 45.9 Å². The Hall–Kier alpha value is -6.16. The van der Waals surface area contributed by atoms with E-state index < -0.39 is 23.4 Å². The molecule has 0 unspecified atom stereocenters. The molecule has 0 bridgehead atoms. The number of fused-ring (bicyclic) bond motifs is 2. The number of aromatic carboxylic acids is 2.